The lowest BCUT2D eigenvalue weighted by Crippen LogP contribution is -2.15. The zero-order chi connectivity index (χ0) is 14.2. The fraction of sp³-hybridized carbons (Fsp3) is 0.133. The molecule has 0 bridgehead atoms. The van der Waals surface area contributed by atoms with Gasteiger partial charge in [0.15, 0.2) is 11.5 Å². The Balaban J connectivity index is 1.91. The standard InChI is InChI=1S/C15H11N3O3/c19-17-15-14(16-13-3-1-2-6-18(13)15)10-4-5-11-12(9-10)21-8-7-20-11/h1-6,9H,7-8H2. The predicted molar refractivity (Wildman–Crippen MR) is 77.1 cm³/mol. The van der Waals surface area contributed by atoms with Gasteiger partial charge in [0.1, 0.15) is 24.6 Å². The van der Waals surface area contributed by atoms with Crippen molar-refractivity contribution < 1.29 is 9.47 Å². The second-order valence-electron chi connectivity index (χ2n) is 4.66. The third-order valence-electron chi connectivity index (χ3n) is 3.41. The molecule has 3 heterocycles. The largest absolute Gasteiger partial charge is 0.486 e. The number of pyridine rings is 1. The van der Waals surface area contributed by atoms with Crippen molar-refractivity contribution in [1.29, 1.82) is 0 Å². The third kappa shape index (κ3) is 1.84. The molecule has 21 heavy (non-hydrogen) atoms. The van der Waals surface area contributed by atoms with Gasteiger partial charge in [0.05, 0.1) is 0 Å². The molecular formula is C15H11N3O3. The van der Waals surface area contributed by atoms with Gasteiger partial charge in [0.2, 0.25) is 5.82 Å². The van der Waals surface area contributed by atoms with Gasteiger partial charge in [0.25, 0.3) is 0 Å². The molecule has 6 heteroatoms. The number of imidazole rings is 1. The Hall–Kier alpha value is -2.89. The van der Waals surface area contributed by atoms with E-state index in [1.165, 1.54) is 0 Å². The van der Waals surface area contributed by atoms with Gasteiger partial charge in [-0.1, -0.05) is 6.07 Å². The minimum absolute atomic E-state index is 0.280. The molecule has 0 spiro atoms. The third-order valence-corrected chi connectivity index (χ3v) is 3.41. The molecule has 0 saturated heterocycles. The number of nitroso groups, excluding NO2 is 1. The molecule has 0 radical (unpaired) electrons. The van der Waals surface area contributed by atoms with Crippen LogP contribution in [0.25, 0.3) is 16.9 Å². The Morgan fingerprint density at radius 2 is 1.95 bits per heavy atom. The van der Waals surface area contributed by atoms with Crippen LogP contribution in [0.4, 0.5) is 5.82 Å². The highest BCUT2D eigenvalue weighted by atomic mass is 16.6. The molecule has 0 amide bonds. The summed E-state index contributed by atoms with van der Waals surface area (Å²) in [5, 5.41) is 3.13. The van der Waals surface area contributed by atoms with E-state index in [4.69, 9.17) is 9.47 Å². The van der Waals surface area contributed by atoms with Crippen molar-refractivity contribution in [2.45, 2.75) is 0 Å². The van der Waals surface area contributed by atoms with Crippen LogP contribution in [0.5, 0.6) is 11.5 Å². The summed E-state index contributed by atoms with van der Waals surface area (Å²) in [6, 6.07) is 11.0. The van der Waals surface area contributed by atoms with Crippen molar-refractivity contribution in [3.8, 4) is 22.8 Å². The van der Waals surface area contributed by atoms with Gasteiger partial charge < -0.3 is 9.47 Å². The van der Waals surface area contributed by atoms with E-state index in [1.807, 2.05) is 36.4 Å². The first-order valence-corrected chi connectivity index (χ1v) is 6.57. The maximum atomic E-state index is 11.2. The molecule has 0 atom stereocenters. The van der Waals surface area contributed by atoms with Gasteiger partial charge >= 0.3 is 0 Å². The molecule has 104 valence electrons. The Morgan fingerprint density at radius 3 is 2.81 bits per heavy atom. The SMILES string of the molecule is O=Nc1c(-c2ccc3c(c2)OCCO3)nc2ccccn12. The highest BCUT2D eigenvalue weighted by Gasteiger charge is 2.18. The minimum Gasteiger partial charge on any atom is -0.486 e. The zero-order valence-corrected chi connectivity index (χ0v) is 11.0. The minimum atomic E-state index is 0.280. The van der Waals surface area contributed by atoms with Crippen LogP contribution in [-0.2, 0) is 0 Å². The van der Waals surface area contributed by atoms with E-state index >= 15 is 0 Å². The van der Waals surface area contributed by atoms with Crippen LogP contribution in [0.3, 0.4) is 0 Å². The lowest BCUT2D eigenvalue weighted by atomic mass is 10.1. The first kappa shape index (κ1) is 11.9. The molecule has 4 rings (SSSR count). The van der Waals surface area contributed by atoms with Crippen molar-refractivity contribution in [2.75, 3.05) is 13.2 Å². The molecule has 1 aliphatic heterocycles. The summed E-state index contributed by atoms with van der Waals surface area (Å²) < 4.78 is 12.7. The van der Waals surface area contributed by atoms with Crippen LogP contribution in [0.1, 0.15) is 0 Å². The van der Waals surface area contributed by atoms with Crippen LogP contribution >= 0.6 is 0 Å². The van der Waals surface area contributed by atoms with Gasteiger partial charge in [-0.2, -0.15) is 0 Å². The first-order chi connectivity index (χ1) is 10.4. The van der Waals surface area contributed by atoms with Gasteiger partial charge in [0, 0.05) is 11.8 Å². The molecule has 1 aromatic carbocycles. The van der Waals surface area contributed by atoms with Crippen LogP contribution in [-0.4, -0.2) is 22.6 Å². The lowest BCUT2D eigenvalue weighted by Gasteiger charge is -2.18. The van der Waals surface area contributed by atoms with Crippen molar-refractivity contribution >= 4 is 11.5 Å². The predicted octanol–water partition coefficient (Wildman–Crippen LogP) is 3.17. The van der Waals surface area contributed by atoms with Crippen molar-refractivity contribution in [3.63, 3.8) is 0 Å². The molecule has 0 N–H and O–H groups in total. The van der Waals surface area contributed by atoms with E-state index in [0.717, 1.165) is 5.56 Å². The molecule has 0 unspecified atom stereocenters. The van der Waals surface area contributed by atoms with Crippen molar-refractivity contribution in [2.24, 2.45) is 5.18 Å². The number of aromatic nitrogens is 2. The summed E-state index contributed by atoms with van der Waals surface area (Å²) in [6.45, 7) is 1.06. The summed E-state index contributed by atoms with van der Waals surface area (Å²) in [5.41, 5.74) is 1.99. The number of rotatable bonds is 2. The second-order valence-corrected chi connectivity index (χ2v) is 4.66. The van der Waals surface area contributed by atoms with Gasteiger partial charge in [-0.25, -0.2) is 4.98 Å². The van der Waals surface area contributed by atoms with E-state index in [2.05, 4.69) is 10.2 Å². The maximum absolute atomic E-state index is 11.2. The van der Waals surface area contributed by atoms with Crippen LogP contribution in [0.15, 0.2) is 47.8 Å². The van der Waals surface area contributed by atoms with Crippen LogP contribution in [0, 0.1) is 4.91 Å². The molecule has 0 aliphatic carbocycles. The number of ether oxygens (including phenoxy) is 2. The summed E-state index contributed by atoms with van der Waals surface area (Å²) in [6.07, 6.45) is 1.76. The van der Waals surface area contributed by atoms with Crippen molar-refractivity contribution in [3.05, 3.63) is 47.5 Å². The molecule has 3 aromatic rings. The monoisotopic (exact) mass is 281 g/mol. The molecule has 6 nitrogen and oxygen atoms in total. The maximum Gasteiger partial charge on any atom is 0.209 e. The smallest absolute Gasteiger partial charge is 0.209 e. The average Bonchev–Trinajstić information content (AvgIpc) is 2.93. The van der Waals surface area contributed by atoms with Crippen molar-refractivity contribution in [1.82, 2.24) is 9.38 Å². The van der Waals surface area contributed by atoms with Gasteiger partial charge in [-0.05, 0) is 35.5 Å². The summed E-state index contributed by atoms with van der Waals surface area (Å²) in [5.74, 6) is 1.64. The highest BCUT2D eigenvalue weighted by Crippen LogP contribution is 2.37. The summed E-state index contributed by atoms with van der Waals surface area (Å²) in [7, 11) is 0. The quantitative estimate of drug-likeness (QED) is 0.677. The Labute approximate surface area is 119 Å². The van der Waals surface area contributed by atoms with E-state index in [0.29, 0.717) is 36.1 Å². The molecule has 0 saturated carbocycles. The van der Waals surface area contributed by atoms with E-state index in [1.54, 1.807) is 10.6 Å². The van der Waals surface area contributed by atoms with Crippen LogP contribution in [0.2, 0.25) is 0 Å². The zero-order valence-electron chi connectivity index (χ0n) is 11.0. The Morgan fingerprint density at radius 1 is 1.10 bits per heavy atom. The molecular weight excluding hydrogens is 270 g/mol. The number of nitrogens with zero attached hydrogens (tertiary/aromatic N) is 3. The molecule has 1 aliphatic rings. The topological polar surface area (TPSA) is 65.2 Å². The highest BCUT2D eigenvalue weighted by molar-refractivity contribution is 5.76. The number of hydrogen-bond donors (Lipinski definition) is 0. The Kier molecular flexibility index (Phi) is 2.60. The fourth-order valence-electron chi connectivity index (χ4n) is 2.45. The molecule has 0 fully saturated rings. The van der Waals surface area contributed by atoms with E-state index in [9.17, 15) is 4.91 Å². The number of benzene rings is 1. The number of fused-ring (bicyclic) bond motifs is 2. The Bertz CT molecular complexity index is 841. The molecule has 2 aromatic heterocycles. The van der Waals surface area contributed by atoms with Gasteiger partial charge in [-0.3, -0.25) is 4.40 Å². The number of hydrogen-bond acceptors (Lipinski definition) is 5. The fourth-order valence-corrected chi connectivity index (χ4v) is 2.45. The summed E-state index contributed by atoms with van der Waals surface area (Å²) >= 11 is 0. The van der Waals surface area contributed by atoms with Gasteiger partial charge in [-0.15, -0.1) is 4.91 Å². The van der Waals surface area contributed by atoms with E-state index in [-0.39, 0.29) is 5.82 Å². The summed E-state index contributed by atoms with van der Waals surface area (Å²) in [4.78, 5) is 15.7. The second kappa shape index (κ2) is 4.59. The van der Waals surface area contributed by atoms with E-state index < -0.39 is 0 Å². The average molecular weight is 281 g/mol. The van der Waals surface area contributed by atoms with Crippen LogP contribution < -0.4 is 9.47 Å². The lowest BCUT2D eigenvalue weighted by molar-refractivity contribution is 0.171. The normalized spacial score (nSPS) is 13.3. The first-order valence-electron chi connectivity index (χ1n) is 6.57.